The number of hydrogen-bond acceptors (Lipinski definition) is 4. The number of hydrogen-bond donors (Lipinski definition) is 0. The van der Waals surface area contributed by atoms with Crippen LogP contribution in [0.15, 0.2) is 53.4 Å². The van der Waals surface area contributed by atoms with Crippen LogP contribution in [0.25, 0.3) is 0 Å². The Labute approximate surface area is 173 Å². The van der Waals surface area contributed by atoms with Crippen molar-refractivity contribution in [1.82, 2.24) is 9.21 Å². The van der Waals surface area contributed by atoms with E-state index in [2.05, 4.69) is 6.92 Å². The lowest BCUT2D eigenvalue weighted by atomic mass is 10.1. The van der Waals surface area contributed by atoms with Gasteiger partial charge in [-0.2, -0.15) is 4.31 Å². The molecule has 0 aromatic heterocycles. The van der Waals surface area contributed by atoms with Gasteiger partial charge in [0.05, 0.1) is 4.90 Å². The average molecular weight is 417 g/mol. The number of sulfonamides is 1. The van der Waals surface area contributed by atoms with E-state index in [9.17, 15) is 13.2 Å². The van der Waals surface area contributed by atoms with Crippen LogP contribution in [0.4, 0.5) is 0 Å². The maximum Gasteiger partial charge on any atom is 0.260 e. The third-order valence-electron chi connectivity index (χ3n) is 5.07. The van der Waals surface area contributed by atoms with Crippen molar-refractivity contribution in [3.63, 3.8) is 0 Å². The highest BCUT2D eigenvalue weighted by Gasteiger charge is 2.30. The Bertz CT molecular complexity index is 916. The number of nitrogens with zero attached hydrogens (tertiary/aromatic N) is 2. The molecule has 1 amide bonds. The first-order valence-electron chi connectivity index (χ1n) is 9.96. The van der Waals surface area contributed by atoms with Crippen LogP contribution in [0, 0.1) is 6.92 Å². The highest BCUT2D eigenvalue weighted by atomic mass is 32.2. The minimum Gasteiger partial charge on any atom is -0.484 e. The van der Waals surface area contributed by atoms with Crippen LogP contribution in [0.2, 0.25) is 0 Å². The molecule has 29 heavy (non-hydrogen) atoms. The molecule has 0 saturated carbocycles. The molecule has 0 radical (unpaired) electrons. The third-order valence-corrected chi connectivity index (χ3v) is 6.99. The van der Waals surface area contributed by atoms with Gasteiger partial charge in [0.2, 0.25) is 10.0 Å². The summed E-state index contributed by atoms with van der Waals surface area (Å²) in [4.78, 5) is 14.4. The van der Waals surface area contributed by atoms with Crippen molar-refractivity contribution in [2.75, 3.05) is 32.8 Å². The van der Waals surface area contributed by atoms with E-state index in [1.807, 2.05) is 31.2 Å². The number of ether oxygens (including phenoxy) is 1. The Kier molecular flexibility index (Phi) is 6.92. The molecule has 7 heteroatoms. The summed E-state index contributed by atoms with van der Waals surface area (Å²) in [6.45, 7) is 5.31. The molecule has 0 N–H and O–H groups in total. The van der Waals surface area contributed by atoms with Gasteiger partial charge in [-0.05, 0) is 43.2 Å². The van der Waals surface area contributed by atoms with Gasteiger partial charge in [-0.25, -0.2) is 8.42 Å². The van der Waals surface area contributed by atoms with Crippen LogP contribution in [0.3, 0.4) is 0 Å². The van der Waals surface area contributed by atoms with Gasteiger partial charge in [-0.15, -0.1) is 0 Å². The number of amides is 1. The standard InChI is InChI=1S/C22H28N2O4S/c1-3-4-19-7-9-20(10-8-19)28-17-22(25)23-13-15-24(16-14-23)29(26,27)21-11-5-18(2)6-12-21/h5-12H,3-4,13-17H2,1-2H3. The van der Waals surface area contributed by atoms with Gasteiger partial charge in [-0.1, -0.05) is 43.2 Å². The second-order valence-electron chi connectivity index (χ2n) is 7.28. The SMILES string of the molecule is CCCc1ccc(OCC(=O)N2CCN(S(=O)(=O)c3ccc(C)cc3)CC2)cc1. The van der Waals surface area contributed by atoms with Crippen LogP contribution in [-0.2, 0) is 21.2 Å². The minimum absolute atomic E-state index is 0.0438. The molecule has 1 fully saturated rings. The second-order valence-corrected chi connectivity index (χ2v) is 9.22. The normalized spacial score (nSPS) is 15.3. The molecule has 0 unspecified atom stereocenters. The van der Waals surface area contributed by atoms with Crippen LogP contribution in [-0.4, -0.2) is 56.3 Å². The van der Waals surface area contributed by atoms with Gasteiger partial charge < -0.3 is 9.64 Å². The van der Waals surface area contributed by atoms with E-state index < -0.39 is 10.0 Å². The average Bonchev–Trinajstić information content (AvgIpc) is 2.73. The molecule has 2 aromatic carbocycles. The monoisotopic (exact) mass is 416 g/mol. The van der Waals surface area contributed by atoms with Gasteiger partial charge >= 0.3 is 0 Å². The highest BCUT2D eigenvalue weighted by molar-refractivity contribution is 7.89. The van der Waals surface area contributed by atoms with Crippen molar-refractivity contribution in [1.29, 1.82) is 0 Å². The Morgan fingerprint density at radius 1 is 0.966 bits per heavy atom. The van der Waals surface area contributed by atoms with Gasteiger partial charge in [0.1, 0.15) is 5.75 Å². The number of rotatable bonds is 7. The van der Waals surface area contributed by atoms with Crippen LogP contribution in [0.5, 0.6) is 5.75 Å². The first-order chi connectivity index (χ1) is 13.9. The quantitative estimate of drug-likeness (QED) is 0.696. The fourth-order valence-corrected chi connectivity index (χ4v) is 4.74. The Balaban J connectivity index is 1.50. The molecule has 0 bridgehead atoms. The summed E-state index contributed by atoms with van der Waals surface area (Å²) in [5.74, 6) is 0.536. The Morgan fingerprint density at radius 3 is 2.17 bits per heavy atom. The van der Waals surface area contributed by atoms with E-state index >= 15 is 0 Å². The van der Waals surface area contributed by atoms with Crippen LogP contribution in [0.1, 0.15) is 24.5 Å². The number of carbonyl (C=O) groups is 1. The predicted molar refractivity (Wildman–Crippen MR) is 112 cm³/mol. The molecular weight excluding hydrogens is 388 g/mol. The molecule has 6 nitrogen and oxygen atoms in total. The molecule has 1 aliphatic heterocycles. The van der Waals surface area contributed by atoms with Crippen molar-refractivity contribution in [2.24, 2.45) is 0 Å². The minimum atomic E-state index is -3.53. The third kappa shape index (κ3) is 5.36. The number of benzene rings is 2. The summed E-state index contributed by atoms with van der Waals surface area (Å²) in [5, 5.41) is 0. The molecule has 156 valence electrons. The number of aryl methyl sites for hydroxylation is 2. The van der Waals surface area contributed by atoms with E-state index in [0.717, 1.165) is 18.4 Å². The lowest BCUT2D eigenvalue weighted by Crippen LogP contribution is -2.51. The summed E-state index contributed by atoms with van der Waals surface area (Å²) >= 11 is 0. The van der Waals surface area contributed by atoms with Crippen LogP contribution >= 0.6 is 0 Å². The van der Waals surface area contributed by atoms with Gasteiger partial charge in [0, 0.05) is 26.2 Å². The predicted octanol–water partition coefficient (Wildman–Crippen LogP) is 2.86. The first-order valence-corrected chi connectivity index (χ1v) is 11.4. The number of piperazine rings is 1. The van der Waals surface area contributed by atoms with Crippen molar-refractivity contribution in [3.05, 3.63) is 59.7 Å². The summed E-state index contributed by atoms with van der Waals surface area (Å²) in [5.41, 5.74) is 2.26. The lowest BCUT2D eigenvalue weighted by Gasteiger charge is -2.34. The number of carbonyl (C=O) groups excluding carboxylic acids is 1. The zero-order chi connectivity index (χ0) is 20.9. The molecule has 0 atom stereocenters. The Morgan fingerprint density at radius 2 is 1.59 bits per heavy atom. The van der Waals surface area contributed by atoms with Crippen molar-refractivity contribution >= 4 is 15.9 Å². The zero-order valence-electron chi connectivity index (χ0n) is 17.0. The molecule has 1 aliphatic rings. The maximum atomic E-state index is 12.8. The second kappa shape index (κ2) is 9.41. The van der Waals surface area contributed by atoms with Crippen molar-refractivity contribution in [2.45, 2.75) is 31.6 Å². The maximum absolute atomic E-state index is 12.8. The van der Waals surface area contributed by atoms with E-state index in [0.29, 0.717) is 18.8 Å². The molecule has 1 heterocycles. The molecule has 1 saturated heterocycles. The van der Waals surface area contributed by atoms with E-state index in [4.69, 9.17) is 4.74 Å². The van der Waals surface area contributed by atoms with Gasteiger partial charge in [0.25, 0.3) is 5.91 Å². The summed E-state index contributed by atoms with van der Waals surface area (Å²) in [6, 6.07) is 14.6. The fraction of sp³-hybridized carbons (Fsp3) is 0.409. The summed E-state index contributed by atoms with van der Waals surface area (Å²) in [7, 11) is -3.53. The van der Waals surface area contributed by atoms with E-state index in [1.54, 1.807) is 29.2 Å². The largest absolute Gasteiger partial charge is 0.484 e. The van der Waals surface area contributed by atoms with E-state index in [1.165, 1.54) is 9.87 Å². The smallest absolute Gasteiger partial charge is 0.260 e. The zero-order valence-corrected chi connectivity index (χ0v) is 17.8. The molecule has 2 aromatic rings. The Hall–Kier alpha value is -2.38. The summed E-state index contributed by atoms with van der Waals surface area (Å²) < 4.78 is 32.6. The molecule has 0 aliphatic carbocycles. The molecule has 0 spiro atoms. The lowest BCUT2D eigenvalue weighted by molar-refractivity contribution is -0.134. The van der Waals surface area contributed by atoms with Crippen molar-refractivity contribution in [3.8, 4) is 5.75 Å². The van der Waals surface area contributed by atoms with E-state index in [-0.39, 0.29) is 30.5 Å². The van der Waals surface area contributed by atoms with Gasteiger partial charge in [-0.3, -0.25) is 4.79 Å². The van der Waals surface area contributed by atoms with Crippen molar-refractivity contribution < 1.29 is 17.9 Å². The van der Waals surface area contributed by atoms with Gasteiger partial charge in [0.15, 0.2) is 6.61 Å². The van der Waals surface area contributed by atoms with Crippen LogP contribution < -0.4 is 4.74 Å². The molecule has 3 rings (SSSR count). The fourth-order valence-electron chi connectivity index (χ4n) is 3.31. The molecular formula is C22H28N2O4S. The topological polar surface area (TPSA) is 66.9 Å². The first kappa shape index (κ1) is 21.3. The summed E-state index contributed by atoms with van der Waals surface area (Å²) in [6.07, 6.45) is 2.11. The highest BCUT2D eigenvalue weighted by Crippen LogP contribution is 2.19.